The molecule has 4 amide bonds. The van der Waals surface area contributed by atoms with Crippen LogP contribution in [-0.2, 0) is 16.0 Å². The number of amides is 4. The predicted molar refractivity (Wildman–Crippen MR) is 131 cm³/mol. The van der Waals surface area contributed by atoms with E-state index in [1.807, 2.05) is 43.3 Å². The molecule has 4 rings (SSSR count). The van der Waals surface area contributed by atoms with Crippen molar-refractivity contribution in [3.63, 3.8) is 0 Å². The fourth-order valence-electron chi connectivity index (χ4n) is 3.99. The summed E-state index contributed by atoms with van der Waals surface area (Å²) in [7, 11) is 0. The molecule has 0 radical (unpaired) electrons. The number of imide groups is 1. The number of urea groups is 1. The summed E-state index contributed by atoms with van der Waals surface area (Å²) in [6.07, 6.45) is 0.454. The quantitative estimate of drug-likeness (QED) is 0.480. The molecule has 1 saturated heterocycles. The van der Waals surface area contributed by atoms with Crippen LogP contribution in [0.5, 0.6) is 5.75 Å². The van der Waals surface area contributed by atoms with Gasteiger partial charge in [-0.05, 0) is 55.3 Å². The highest BCUT2D eigenvalue weighted by atomic mass is 16.5. The second-order valence-corrected chi connectivity index (χ2v) is 7.95. The number of anilines is 2. The number of carbonyl (C=O) groups excluding carboxylic acids is 3. The third kappa shape index (κ3) is 5.26. The number of para-hydroxylation sites is 1. The van der Waals surface area contributed by atoms with E-state index in [1.54, 1.807) is 48.5 Å². The van der Waals surface area contributed by atoms with Gasteiger partial charge in [0.2, 0.25) is 5.91 Å². The Bertz CT molecular complexity index is 1130. The minimum absolute atomic E-state index is 0.129. The van der Waals surface area contributed by atoms with Gasteiger partial charge in [0.25, 0.3) is 5.91 Å². The number of rotatable bonds is 9. The molecular formula is C27H27N3O4. The Morgan fingerprint density at radius 2 is 1.56 bits per heavy atom. The molecule has 34 heavy (non-hydrogen) atoms. The lowest BCUT2D eigenvalue weighted by Gasteiger charge is -2.21. The van der Waals surface area contributed by atoms with Crippen LogP contribution >= 0.6 is 0 Å². The van der Waals surface area contributed by atoms with Gasteiger partial charge in [-0.15, -0.1) is 0 Å². The van der Waals surface area contributed by atoms with E-state index in [0.29, 0.717) is 36.7 Å². The largest absolute Gasteiger partial charge is 0.494 e. The molecule has 3 aromatic rings. The van der Waals surface area contributed by atoms with Crippen molar-refractivity contribution in [1.29, 1.82) is 0 Å². The molecule has 1 atom stereocenters. The Labute approximate surface area is 198 Å². The zero-order valence-corrected chi connectivity index (χ0v) is 19.0. The first-order chi connectivity index (χ1) is 16.6. The van der Waals surface area contributed by atoms with Gasteiger partial charge in [-0.3, -0.25) is 9.59 Å². The van der Waals surface area contributed by atoms with Crippen LogP contribution in [-0.4, -0.2) is 41.9 Å². The molecule has 3 aromatic carbocycles. The molecule has 0 saturated carbocycles. The Morgan fingerprint density at radius 3 is 2.21 bits per heavy atom. The van der Waals surface area contributed by atoms with Crippen LogP contribution in [0.2, 0.25) is 0 Å². The zero-order valence-electron chi connectivity index (χ0n) is 19.0. The number of hydrogen-bond donors (Lipinski definition) is 1. The minimum Gasteiger partial charge on any atom is -0.494 e. The number of benzene rings is 3. The third-order valence-corrected chi connectivity index (χ3v) is 5.65. The van der Waals surface area contributed by atoms with Crippen molar-refractivity contribution in [2.24, 2.45) is 0 Å². The standard InChI is InChI=1S/C27H27N3O4/c1-2-34-23-15-13-21(14-16-23)28-25(31)19-24-26(32)30(22-11-7-4-8-12-22)27(33)29(24)18-17-20-9-5-3-6-10-20/h3-16,24H,2,17-19H2,1H3,(H,28,31)/t24-/m1/s1. The van der Waals surface area contributed by atoms with E-state index in [2.05, 4.69) is 5.32 Å². The van der Waals surface area contributed by atoms with Gasteiger partial charge in [0.1, 0.15) is 11.8 Å². The Morgan fingerprint density at radius 1 is 0.912 bits per heavy atom. The lowest BCUT2D eigenvalue weighted by Crippen LogP contribution is -2.39. The van der Waals surface area contributed by atoms with Gasteiger partial charge in [0.15, 0.2) is 0 Å². The summed E-state index contributed by atoms with van der Waals surface area (Å²) in [5.74, 6) is -0.0244. The topological polar surface area (TPSA) is 79.0 Å². The van der Waals surface area contributed by atoms with Gasteiger partial charge in [0.05, 0.1) is 18.7 Å². The molecule has 1 fully saturated rings. The van der Waals surface area contributed by atoms with Gasteiger partial charge in [-0.2, -0.15) is 0 Å². The smallest absolute Gasteiger partial charge is 0.332 e. The maximum atomic E-state index is 13.3. The van der Waals surface area contributed by atoms with Crippen LogP contribution in [0.4, 0.5) is 16.2 Å². The maximum absolute atomic E-state index is 13.3. The molecule has 1 aliphatic rings. The molecule has 7 heteroatoms. The van der Waals surface area contributed by atoms with E-state index >= 15 is 0 Å². The van der Waals surface area contributed by atoms with Crippen molar-refractivity contribution in [3.8, 4) is 5.75 Å². The molecule has 0 spiro atoms. The molecule has 1 N–H and O–H groups in total. The molecule has 174 valence electrons. The normalized spacial score (nSPS) is 15.5. The molecule has 1 heterocycles. The summed E-state index contributed by atoms with van der Waals surface area (Å²) in [5, 5.41) is 2.82. The lowest BCUT2D eigenvalue weighted by molar-refractivity contribution is -0.124. The Kier molecular flexibility index (Phi) is 7.22. The summed E-state index contributed by atoms with van der Waals surface area (Å²) in [4.78, 5) is 42.1. The van der Waals surface area contributed by atoms with Gasteiger partial charge in [-0.25, -0.2) is 9.69 Å². The lowest BCUT2D eigenvalue weighted by atomic mass is 10.1. The van der Waals surface area contributed by atoms with Crippen LogP contribution in [0, 0.1) is 0 Å². The first kappa shape index (κ1) is 23.0. The summed E-state index contributed by atoms with van der Waals surface area (Å²) in [6.45, 7) is 2.79. The van der Waals surface area contributed by atoms with Crippen molar-refractivity contribution in [2.75, 3.05) is 23.4 Å². The van der Waals surface area contributed by atoms with Gasteiger partial charge in [-0.1, -0.05) is 48.5 Å². The molecule has 1 aliphatic heterocycles. The fraction of sp³-hybridized carbons (Fsp3) is 0.222. The molecule has 0 unspecified atom stereocenters. The number of nitrogens with one attached hydrogen (secondary N) is 1. The van der Waals surface area contributed by atoms with Crippen LogP contribution in [0.3, 0.4) is 0 Å². The van der Waals surface area contributed by atoms with Crippen molar-refractivity contribution >= 4 is 29.2 Å². The third-order valence-electron chi connectivity index (χ3n) is 5.65. The fourth-order valence-corrected chi connectivity index (χ4v) is 3.99. The molecule has 0 bridgehead atoms. The number of ether oxygens (including phenoxy) is 1. The van der Waals surface area contributed by atoms with E-state index < -0.39 is 18.0 Å². The van der Waals surface area contributed by atoms with E-state index in [9.17, 15) is 14.4 Å². The van der Waals surface area contributed by atoms with Gasteiger partial charge < -0.3 is 15.0 Å². The highest BCUT2D eigenvalue weighted by Gasteiger charge is 2.46. The van der Waals surface area contributed by atoms with Gasteiger partial charge in [0, 0.05) is 12.2 Å². The highest BCUT2D eigenvalue weighted by Crippen LogP contribution is 2.27. The van der Waals surface area contributed by atoms with Crippen molar-refractivity contribution in [3.05, 3.63) is 90.5 Å². The van der Waals surface area contributed by atoms with E-state index in [1.165, 1.54) is 9.80 Å². The van der Waals surface area contributed by atoms with Crippen LogP contribution in [0.25, 0.3) is 0 Å². The first-order valence-corrected chi connectivity index (χ1v) is 11.3. The molecule has 0 aromatic heterocycles. The molecule has 7 nitrogen and oxygen atoms in total. The van der Waals surface area contributed by atoms with E-state index in [-0.39, 0.29) is 12.3 Å². The van der Waals surface area contributed by atoms with Crippen LogP contribution in [0.15, 0.2) is 84.9 Å². The highest BCUT2D eigenvalue weighted by molar-refractivity contribution is 6.22. The van der Waals surface area contributed by atoms with Crippen molar-refractivity contribution < 1.29 is 19.1 Å². The van der Waals surface area contributed by atoms with Crippen LogP contribution in [0.1, 0.15) is 18.9 Å². The zero-order chi connectivity index (χ0) is 23.9. The van der Waals surface area contributed by atoms with Crippen molar-refractivity contribution in [1.82, 2.24) is 4.90 Å². The van der Waals surface area contributed by atoms with E-state index in [0.717, 1.165) is 5.56 Å². The summed E-state index contributed by atoms with van der Waals surface area (Å²) >= 11 is 0. The Hall–Kier alpha value is -4.13. The van der Waals surface area contributed by atoms with Crippen LogP contribution < -0.4 is 15.0 Å². The number of nitrogens with zero attached hydrogens (tertiary/aromatic N) is 2. The van der Waals surface area contributed by atoms with E-state index in [4.69, 9.17) is 4.74 Å². The summed E-state index contributed by atoms with van der Waals surface area (Å²) < 4.78 is 5.42. The Balaban J connectivity index is 1.50. The monoisotopic (exact) mass is 457 g/mol. The molecule has 0 aliphatic carbocycles. The molecular weight excluding hydrogens is 430 g/mol. The second-order valence-electron chi connectivity index (χ2n) is 7.95. The number of hydrogen-bond acceptors (Lipinski definition) is 4. The first-order valence-electron chi connectivity index (χ1n) is 11.3. The predicted octanol–water partition coefficient (Wildman–Crippen LogP) is 4.49. The summed E-state index contributed by atoms with van der Waals surface area (Å²) in [5.41, 5.74) is 2.15. The summed E-state index contributed by atoms with van der Waals surface area (Å²) in [6, 6.07) is 24.3. The van der Waals surface area contributed by atoms with Crippen molar-refractivity contribution in [2.45, 2.75) is 25.8 Å². The average molecular weight is 458 g/mol. The maximum Gasteiger partial charge on any atom is 0.332 e. The second kappa shape index (κ2) is 10.7. The minimum atomic E-state index is -0.876. The average Bonchev–Trinajstić information content (AvgIpc) is 3.09. The number of carbonyl (C=O) groups is 3. The SMILES string of the molecule is CCOc1ccc(NC(=O)C[C@@H]2C(=O)N(c3ccccc3)C(=O)N2CCc2ccccc2)cc1. The van der Waals surface area contributed by atoms with Gasteiger partial charge >= 0.3 is 6.03 Å².